The zero-order valence-corrected chi connectivity index (χ0v) is 21.4. The summed E-state index contributed by atoms with van der Waals surface area (Å²) in [7, 11) is 3.86. The summed E-state index contributed by atoms with van der Waals surface area (Å²) in [6.07, 6.45) is 8.35. The van der Waals surface area contributed by atoms with Gasteiger partial charge in [0.05, 0.1) is 0 Å². The van der Waals surface area contributed by atoms with Gasteiger partial charge in [-0.3, -0.25) is 4.99 Å². The molecule has 1 saturated carbocycles. The van der Waals surface area contributed by atoms with E-state index in [1.165, 1.54) is 18.4 Å². The van der Waals surface area contributed by atoms with Gasteiger partial charge in [-0.05, 0) is 64.0 Å². The number of halogens is 1. The molecule has 1 aliphatic carbocycles. The average molecular weight is 531 g/mol. The first-order chi connectivity index (χ1) is 13.7. The van der Waals surface area contributed by atoms with E-state index in [1.807, 2.05) is 39.8 Å². The van der Waals surface area contributed by atoms with Crippen molar-refractivity contribution in [1.82, 2.24) is 19.7 Å². The second-order valence-corrected chi connectivity index (χ2v) is 9.38. The van der Waals surface area contributed by atoms with Gasteiger partial charge in [0.25, 0.3) is 0 Å². The van der Waals surface area contributed by atoms with Gasteiger partial charge in [0.15, 0.2) is 5.96 Å². The maximum atomic E-state index is 12.8. The van der Waals surface area contributed by atoms with Crippen LogP contribution in [0.25, 0.3) is 0 Å². The molecule has 0 aromatic carbocycles. The molecule has 1 saturated heterocycles. The Morgan fingerprint density at radius 2 is 1.93 bits per heavy atom. The van der Waals surface area contributed by atoms with Crippen LogP contribution in [0.4, 0.5) is 4.79 Å². The second-order valence-electron chi connectivity index (χ2n) is 9.38. The lowest BCUT2D eigenvalue weighted by Gasteiger charge is -2.40. The minimum Gasteiger partial charge on any atom is -0.444 e. The molecule has 1 aliphatic heterocycles. The smallest absolute Gasteiger partial charge is 0.410 e. The van der Waals surface area contributed by atoms with Crippen molar-refractivity contribution >= 4 is 36.0 Å². The maximum absolute atomic E-state index is 12.8. The van der Waals surface area contributed by atoms with E-state index in [4.69, 9.17) is 4.74 Å². The minimum absolute atomic E-state index is 0. The summed E-state index contributed by atoms with van der Waals surface area (Å²) in [6.45, 7) is 9.19. The zero-order chi connectivity index (χ0) is 21.0. The Balaban J connectivity index is 0.00000320. The van der Waals surface area contributed by atoms with E-state index in [9.17, 15) is 4.79 Å². The van der Waals surface area contributed by atoms with Gasteiger partial charge in [0.2, 0.25) is 0 Å². The fourth-order valence-electron chi connectivity index (χ4n) is 3.84. The highest BCUT2D eigenvalue weighted by atomic mass is 127. The normalized spacial score (nSPS) is 18.0. The molecule has 1 N–H and O–H groups in total. The lowest BCUT2D eigenvalue weighted by Crippen LogP contribution is -2.52. The summed E-state index contributed by atoms with van der Waals surface area (Å²) in [6, 6.07) is 2.36. The molecule has 1 aromatic heterocycles. The number of ether oxygens (including phenoxy) is 1. The van der Waals surface area contributed by atoms with Gasteiger partial charge in [0, 0.05) is 58.7 Å². The van der Waals surface area contributed by atoms with E-state index in [0.717, 1.165) is 45.0 Å². The van der Waals surface area contributed by atoms with Crippen molar-refractivity contribution in [3.05, 3.63) is 24.0 Å². The monoisotopic (exact) mass is 531 g/mol. The molecule has 1 amide bonds. The van der Waals surface area contributed by atoms with E-state index >= 15 is 0 Å². The first kappa shape index (κ1) is 24.8. The van der Waals surface area contributed by atoms with E-state index in [2.05, 4.69) is 38.2 Å². The molecule has 0 unspecified atom stereocenters. The largest absolute Gasteiger partial charge is 0.444 e. The summed E-state index contributed by atoms with van der Waals surface area (Å²) in [5.74, 6) is 1.58. The maximum Gasteiger partial charge on any atom is 0.410 e. The molecular formula is C22H38IN5O2. The van der Waals surface area contributed by atoms with Crippen LogP contribution in [0.3, 0.4) is 0 Å². The fourth-order valence-corrected chi connectivity index (χ4v) is 3.84. The third kappa shape index (κ3) is 7.35. The third-order valence-corrected chi connectivity index (χ3v) is 5.54. The Kier molecular flexibility index (Phi) is 8.87. The molecule has 8 heteroatoms. The van der Waals surface area contributed by atoms with Crippen LogP contribution in [0.1, 0.15) is 52.0 Å². The highest BCUT2D eigenvalue weighted by Crippen LogP contribution is 2.32. The van der Waals surface area contributed by atoms with E-state index in [0.29, 0.717) is 5.92 Å². The summed E-state index contributed by atoms with van der Waals surface area (Å²) >= 11 is 0. The van der Waals surface area contributed by atoms with E-state index in [1.54, 1.807) is 0 Å². The molecule has 0 spiro atoms. The Hall–Kier alpha value is -1.45. The van der Waals surface area contributed by atoms with Crippen molar-refractivity contribution in [3.63, 3.8) is 0 Å². The van der Waals surface area contributed by atoms with Crippen molar-refractivity contribution in [3.8, 4) is 0 Å². The van der Waals surface area contributed by atoms with Crippen LogP contribution in [-0.2, 0) is 18.3 Å². The molecule has 2 aliphatic rings. The quantitative estimate of drug-likeness (QED) is 0.357. The molecule has 2 fully saturated rings. The number of aliphatic imine (C=N–C) groups is 1. The second kappa shape index (κ2) is 10.7. The van der Waals surface area contributed by atoms with Crippen LogP contribution in [0.5, 0.6) is 0 Å². The highest BCUT2D eigenvalue weighted by Gasteiger charge is 2.35. The molecule has 0 radical (unpaired) electrons. The number of carbonyl (C=O) groups is 1. The molecule has 30 heavy (non-hydrogen) atoms. The first-order valence-corrected chi connectivity index (χ1v) is 10.8. The van der Waals surface area contributed by atoms with Crippen LogP contribution in [-0.4, -0.2) is 64.7 Å². The van der Waals surface area contributed by atoms with Crippen LogP contribution >= 0.6 is 24.0 Å². The fraction of sp³-hybridized carbons (Fsp3) is 0.727. The number of hydrogen-bond donors (Lipinski definition) is 1. The van der Waals surface area contributed by atoms with Gasteiger partial charge < -0.3 is 24.4 Å². The predicted molar refractivity (Wildman–Crippen MR) is 131 cm³/mol. The number of amides is 1. The molecule has 1 aromatic rings. The Morgan fingerprint density at radius 1 is 1.27 bits per heavy atom. The van der Waals surface area contributed by atoms with Crippen molar-refractivity contribution in [2.45, 2.75) is 64.6 Å². The highest BCUT2D eigenvalue weighted by molar-refractivity contribution is 14.0. The lowest BCUT2D eigenvalue weighted by molar-refractivity contribution is 0.00928. The van der Waals surface area contributed by atoms with Crippen LogP contribution in [0.15, 0.2) is 23.5 Å². The van der Waals surface area contributed by atoms with Crippen molar-refractivity contribution in [2.75, 3.05) is 26.7 Å². The summed E-state index contributed by atoms with van der Waals surface area (Å²) in [5, 5.41) is 3.47. The number of guanidine groups is 1. The number of aromatic nitrogens is 1. The average Bonchev–Trinajstić information content (AvgIpc) is 3.39. The molecule has 3 rings (SSSR count). The minimum atomic E-state index is -0.455. The molecule has 170 valence electrons. The van der Waals surface area contributed by atoms with Gasteiger partial charge in [-0.1, -0.05) is 0 Å². The van der Waals surface area contributed by atoms with Crippen LogP contribution < -0.4 is 5.32 Å². The van der Waals surface area contributed by atoms with Gasteiger partial charge in [0.1, 0.15) is 5.60 Å². The Labute approximate surface area is 198 Å². The number of nitrogens with zero attached hydrogens (tertiary/aromatic N) is 4. The molecular weight excluding hydrogens is 493 g/mol. The number of aryl methyl sites for hydroxylation is 1. The Bertz CT molecular complexity index is 715. The van der Waals surface area contributed by atoms with Gasteiger partial charge in [-0.2, -0.15) is 0 Å². The predicted octanol–water partition coefficient (Wildman–Crippen LogP) is 3.83. The van der Waals surface area contributed by atoms with Crippen LogP contribution in [0, 0.1) is 5.92 Å². The number of rotatable bonds is 5. The van der Waals surface area contributed by atoms with E-state index in [-0.39, 0.29) is 36.1 Å². The molecule has 7 nitrogen and oxygen atoms in total. The molecule has 0 bridgehead atoms. The lowest BCUT2D eigenvalue weighted by atomic mass is 10.0. The Morgan fingerprint density at radius 3 is 2.43 bits per heavy atom. The standard InChI is InChI=1S/C22H37N5O2.HI/c1-22(2,3)29-21(28)27(16-17-6-7-17)19-9-12-26(13-10-19)20(23-4)24-14-18-8-11-25(5)15-18;/h8,11,15,17,19H,6-7,9-10,12-14,16H2,1-5H3,(H,23,24);1H. The van der Waals surface area contributed by atoms with Gasteiger partial charge >= 0.3 is 6.09 Å². The number of carbonyl (C=O) groups excluding carboxylic acids is 1. The first-order valence-electron chi connectivity index (χ1n) is 10.8. The third-order valence-electron chi connectivity index (χ3n) is 5.54. The van der Waals surface area contributed by atoms with Crippen molar-refractivity contribution in [1.29, 1.82) is 0 Å². The van der Waals surface area contributed by atoms with E-state index < -0.39 is 5.60 Å². The number of hydrogen-bond acceptors (Lipinski definition) is 3. The summed E-state index contributed by atoms with van der Waals surface area (Å²) in [5.41, 5.74) is 0.785. The van der Waals surface area contributed by atoms with Crippen LogP contribution in [0.2, 0.25) is 0 Å². The summed E-state index contributed by atoms with van der Waals surface area (Å²) in [4.78, 5) is 21.6. The van der Waals surface area contributed by atoms with Gasteiger partial charge in [-0.25, -0.2) is 4.79 Å². The topological polar surface area (TPSA) is 62.1 Å². The molecule has 2 heterocycles. The number of likely N-dealkylation sites (tertiary alicyclic amines) is 1. The number of nitrogens with one attached hydrogen (secondary N) is 1. The molecule has 0 atom stereocenters. The number of piperidine rings is 1. The van der Waals surface area contributed by atoms with Crippen molar-refractivity contribution < 1.29 is 9.53 Å². The SMILES string of the molecule is CN=C(NCc1ccn(C)c1)N1CCC(N(CC2CC2)C(=O)OC(C)(C)C)CC1.I. The van der Waals surface area contributed by atoms with Gasteiger partial charge in [-0.15, -0.1) is 24.0 Å². The zero-order valence-electron chi connectivity index (χ0n) is 19.1. The van der Waals surface area contributed by atoms with Crippen molar-refractivity contribution in [2.24, 2.45) is 18.0 Å². The summed E-state index contributed by atoms with van der Waals surface area (Å²) < 4.78 is 7.75.